The van der Waals surface area contributed by atoms with Crippen LogP contribution in [0.5, 0.6) is 5.75 Å². The van der Waals surface area contributed by atoms with Crippen LogP contribution in [0.15, 0.2) is 73.1 Å². The molecule has 1 heterocycles. The van der Waals surface area contributed by atoms with Gasteiger partial charge in [0.1, 0.15) is 12.4 Å². The van der Waals surface area contributed by atoms with Crippen LogP contribution in [0.1, 0.15) is 16.7 Å². The summed E-state index contributed by atoms with van der Waals surface area (Å²) in [5.41, 5.74) is 3.35. The third-order valence-corrected chi connectivity index (χ3v) is 3.86. The summed E-state index contributed by atoms with van der Waals surface area (Å²) in [6.07, 6.45) is 3.65. The van der Waals surface area contributed by atoms with Crippen molar-refractivity contribution in [3.63, 3.8) is 0 Å². The molecule has 0 aliphatic rings. The van der Waals surface area contributed by atoms with Crippen LogP contribution < -0.4 is 10.1 Å². The number of aromatic nitrogens is 1. The zero-order chi connectivity index (χ0) is 16.6. The van der Waals surface area contributed by atoms with Gasteiger partial charge in [0, 0.05) is 36.1 Å². The van der Waals surface area contributed by atoms with Crippen LogP contribution in [0, 0.1) is 0 Å². The van der Waals surface area contributed by atoms with Gasteiger partial charge in [-0.05, 0) is 35.4 Å². The highest BCUT2D eigenvalue weighted by atomic mass is 35.5. The fourth-order valence-corrected chi connectivity index (χ4v) is 2.64. The van der Waals surface area contributed by atoms with E-state index in [4.69, 9.17) is 16.3 Å². The molecular weight excluding hydrogens is 320 g/mol. The fourth-order valence-electron chi connectivity index (χ4n) is 2.42. The van der Waals surface area contributed by atoms with Crippen molar-refractivity contribution >= 4 is 11.6 Å². The Bertz CT molecular complexity index is 777. The number of hydrogen-bond acceptors (Lipinski definition) is 3. The van der Waals surface area contributed by atoms with Gasteiger partial charge in [-0.1, -0.05) is 48.0 Å². The van der Waals surface area contributed by atoms with Crippen molar-refractivity contribution in [3.05, 3.63) is 94.8 Å². The van der Waals surface area contributed by atoms with Gasteiger partial charge in [-0.3, -0.25) is 4.98 Å². The maximum absolute atomic E-state index is 6.01. The molecule has 3 rings (SSSR count). The van der Waals surface area contributed by atoms with E-state index in [0.29, 0.717) is 6.61 Å². The lowest BCUT2D eigenvalue weighted by atomic mass is 10.2. The standard InChI is InChI=1S/C20H19ClN2O/c21-19-8-3-5-16(11-19)15-24-20-9-2-1-7-18(20)14-23-13-17-6-4-10-22-12-17/h1-12,23H,13-15H2. The normalized spacial score (nSPS) is 10.5. The molecule has 0 spiro atoms. The topological polar surface area (TPSA) is 34.1 Å². The predicted octanol–water partition coefficient (Wildman–Crippen LogP) is 4.60. The molecule has 0 aliphatic heterocycles. The van der Waals surface area contributed by atoms with Crippen LogP contribution in [-0.4, -0.2) is 4.98 Å². The predicted molar refractivity (Wildman–Crippen MR) is 97.0 cm³/mol. The second-order valence-corrected chi connectivity index (χ2v) is 5.93. The third-order valence-electron chi connectivity index (χ3n) is 3.62. The molecule has 0 atom stereocenters. The molecule has 122 valence electrons. The van der Waals surface area contributed by atoms with E-state index < -0.39 is 0 Å². The van der Waals surface area contributed by atoms with E-state index in [9.17, 15) is 0 Å². The quantitative estimate of drug-likeness (QED) is 0.683. The van der Waals surface area contributed by atoms with Crippen molar-refractivity contribution < 1.29 is 4.74 Å². The minimum absolute atomic E-state index is 0.500. The molecule has 3 aromatic rings. The molecule has 4 heteroatoms. The minimum atomic E-state index is 0.500. The zero-order valence-corrected chi connectivity index (χ0v) is 14.0. The van der Waals surface area contributed by atoms with Crippen LogP contribution >= 0.6 is 11.6 Å². The summed E-state index contributed by atoms with van der Waals surface area (Å²) in [6.45, 7) is 2.01. The molecule has 24 heavy (non-hydrogen) atoms. The van der Waals surface area contributed by atoms with E-state index in [-0.39, 0.29) is 0 Å². The van der Waals surface area contributed by atoms with E-state index in [1.54, 1.807) is 6.20 Å². The molecule has 0 bridgehead atoms. The molecule has 0 aliphatic carbocycles. The second-order valence-electron chi connectivity index (χ2n) is 5.49. The Hall–Kier alpha value is -2.36. The second kappa shape index (κ2) is 8.48. The van der Waals surface area contributed by atoms with Gasteiger partial charge in [0.2, 0.25) is 0 Å². The van der Waals surface area contributed by atoms with E-state index >= 15 is 0 Å². The summed E-state index contributed by atoms with van der Waals surface area (Å²) in [6, 6.07) is 19.8. The molecule has 0 radical (unpaired) electrons. The van der Waals surface area contributed by atoms with Crippen LogP contribution in [0.2, 0.25) is 5.02 Å². The van der Waals surface area contributed by atoms with Gasteiger partial charge in [-0.15, -0.1) is 0 Å². The molecular formula is C20H19ClN2O. The maximum Gasteiger partial charge on any atom is 0.124 e. The lowest BCUT2D eigenvalue weighted by molar-refractivity contribution is 0.302. The van der Waals surface area contributed by atoms with Crippen molar-refractivity contribution in [2.45, 2.75) is 19.7 Å². The number of hydrogen-bond donors (Lipinski definition) is 1. The summed E-state index contributed by atoms with van der Waals surface area (Å²) >= 11 is 6.01. The molecule has 0 saturated heterocycles. The summed E-state index contributed by atoms with van der Waals surface area (Å²) in [5.74, 6) is 0.885. The highest BCUT2D eigenvalue weighted by molar-refractivity contribution is 6.30. The lowest BCUT2D eigenvalue weighted by Crippen LogP contribution is -2.13. The molecule has 0 fully saturated rings. The van der Waals surface area contributed by atoms with Gasteiger partial charge < -0.3 is 10.1 Å². The van der Waals surface area contributed by atoms with Crippen LogP contribution in [-0.2, 0) is 19.7 Å². The third kappa shape index (κ3) is 4.82. The van der Waals surface area contributed by atoms with E-state index in [1.165, 1.54) is 0 Å². The van der Waals surface area contributed by atoms with E-state index in [1.807, 2.05) is 54.7 Å². The van der Waals surface area contributed by atoms with Gasteiger partial charge in [-0.25, -0.2) is 0 Å². The van der Waals surface area contributed by atoms with Crippen LogP contribution in [0.3, 0.4) is 0 Å². The molecule has 0 amide bonds. The number of nitrogens with one attached hydrogen (secondary N) is 1. The number of pyridine rings is 1. The van der Waals surface area contributed by atoms with Crippen molar-refractivity contribution in [2.24, 2.45) is 0 Å². The molecule has 0 saturated carbocycles. The van der Waals surface area contributed by atoms with Crippen molar-refractivity contribution in [1.29, 1.82) is 0 Å². The lowest BCUT2D eigenvalue weighted by Gasteiger charge is -2.12. The summed E-state index contributed by atoms with van der Waals surface area (Å²) in [7, 11) is 0. The van der Waals surface area contributed by atoms with Gasteiger partial charge in [0.15, 0.2) is 0 Å². The van der Waals surface area contributed by atoms with E-state index in [2.05, 4.69) is 22.4 Å². The van der Waals surface area contributed by atoms with Crippen LogP contribution in [0.25, 0.3) is 0 Å². The Kier molecular flexibility index (Phi) is 5.83. The van der Waals surface area contributed by atoms with Crippen LogP contribution in [0.4, 0.5) is 0 Å². The average molecular weight is 339 g/mol. The molecule has 1 N–H and O–H groups in total. The maximum atomic E-state index is 6.01. The van der Waals surface area contributed by atoms with Gasteiger partial charge in [0.25, 0.3) is 0 Å². The smallest absolute Gasteiger partial charge is 0.124 e. The number of halogens is 1. The summed E-state index contributed by atoms with van der Waals surface area (Å²) in [4.78, 5) is 4.12. The van der Waals surface area contributed by atoms with Gasteiger partial charge >= 0.3 is 0 Å². The summed E-state index contributed by atoms with van der Waals surface area (Å²) in [5, 5.41) is 4.15. The Morgan fingerprint density at radius 1 is 0.917 bits per heavy atom. The number of rotatable bonds is 7. The molecule has 0 unspecified atom stereocenters. The first kappa shape index (κ1) is 16.5. The van der Waals surface area contributed by atoms with Gasteiger partial charge in [0.05, 0.1) is 0 Å². The average Bonchev–Trinajstić information content (AvgIpc) is 2.62. The Morgan fingerprint density at radius 3 is 2.62 bits per heavy atom. The number of benzene rings is 2. The zero-order valence-electron chi connectivity index (χ0n) is 13.3. The SMILES string of the molecule is Clc1cccc(COc2ccccc2CNCc2cccnc2)c1. The van der Waals surface area contributed by atoms with Gasteiger partial charge in [-0.2, -0.15) is 0 Å². The first-order chi connectivity index (χ1) is 11.8. The number of para-hydroxylation sites is 1. The molecule has 3 nitrogen and oxygen atoms in total. The Balaban J connectivity index is 1.58. The minimum Gasteiger partial charge on any atom is -0.489 e. The van der Waals surface area contributed by atoms with Crippen molar-refractivity contribution in [3.8, 4) is 5.75 Å². The Labute approximate surface area is 147 Å². The number of nitrogens with zero attached hydrogens (tertiary/aromatic N) is 1. The first-order valence-corrected chi connectivity index (χ1v) is 8.24. The van der Waals surface area contributed by atoms with Crippen molar-refractivity contribution in [2.75, 3.05) is 0 Å². The number of ether oxygens (including phenoxy) is 1. The molecule has 2 aromatic carbocycles. The highest BCUT2D eigenvalue weighted by Crippen LogP contribution is 2.20. The fraction of sp³-hybridized carbons (Fsp3) is 0.150. The highest BCUT2D eigenvalue weighted by Gasteiger charge is 2.04. The molecule has 1 aromatic heterocycles. The Morgan fingerprint density at radius 2 is 1.79 bits per heavy atom. The summed E-state index contributed by atoms with van der Waals surface area (Å²) < 4.78 is 5.97. The van der Waals surface area contributed by atoms with E-state index in [0.717, 1.165) is 40.6 Å². The first-order valence-electron chi connectivity index (χ1n) is 7.86. The monoisotopic (exact) mass is 338 g/mol. The van der Waals surface area contributed by atoms with Crippen molar-refractivity contribution in [1.82, 2.24) is 10.3 Å². The largest absolute Gasteiger partial charge is 0.489 e.